The van der Waals surface area contributed by atoms with Crippen LogP contribution in [0.15, 0.2) is 255 Å². The molecule has 0 spiro atoms. The molecule has 0 unspecified atom stereocenters. The molecule has 12 rings (SSSR count). The van der Waals surface area contributed by atoms with Crippen molar-refractivity contribution in [2.75, 3.05) is 4.90 Å². The van der Waals surface area contributed by atoms with E-state index in [1.807, 2.05) is 0 Å². The highest BCUT2D eigenvalue weighted by atomic mass is 15.1. The first-order valence-corrected chi connectivity index (χ1v) is 22.0. The molecule has 2 nitrogen and oxygen atoms in total. The SMILES string of the molecule is c1ccc(-c2cccc3cccc(-c4ccc(N(c5cccc(-c6cccc(-c7ccc(-n8c9ccccc9c9ccccc98)cc7)c6)c5)c5ccc6ccccc6c5)cc4)c23)cc1. The van der Waals surface area contributed by atoms with Crippen LogP contribution in [0.2, 0.25) is 0 Å². The number of nitrogens with zero attached hydrogens (tertiary/aromatic N) is 2. The minimum atomic E-state index is 1.09. The van der Waals surface area contributed by atoms with E-state index in [2.05, 4.69) is 264 Å². The predicted molar refractivity (Wildman–Crippen MR) is 272 cm³/mol. The number of anilines is 3. The zero-order valence-corrected chi connectivity index (χ0v) is 35.1. The quantitative estimate of drug-likeness (QED) is 0.148. The van der Waals surface area contributed by atoms with Crippen LogP contribution in [0.1, 0.15) is 0 Å². The Morgan fingerprint density at radius 1 is 0.266 bits per heavy atom. The molecule has 11 aromatic carbocycles. The van der Waals surface area contributed by atoms with Crippen LogP contribution < -0.4 is 4.90 Å². The molecule has 0 N–H and O–H groups in total. The second kappa shape index (κ2) is 15.8. The maximum Gasteiger partial charge on any atom is 0.0541 e. The summed E-state index contributed by atoms with van der Waals surface area (Å²) in [6.07, 6.45) is 0. The lowest BCUT2D eigenvalue weighted by Crippen LogP contribution is -2.10. The van der Waals surface area contributed by atoms with Gasteiger partial charge in [0.1, 0.15) is 0 Å². The largest absolute Gasteiger partial charge is 0.310 e. The van der Waals surface area contributed by atoms with E-state index >= 15 is 0 Å². The Bertz CT molecular complexity index is 3600. The fraction of sp³-hybridized carbons (Fsp3) is 0. The summed E-state index contributed by atoms with van der Waals surface area (Å²) >= 11 is 0. The molecule has 0 aliphatic heterocycles. The van der Waals surface area contributed by atoms with E-state index in [4.69, 9.17) is 0 Å². The molecule has 2 heteroatoms. The van der Waals surface area contributed by atoms with E-state index in [1.165, 1.54) is 82.3 Å². The van der Waals surface area contributed by atoms with Gasteiger partial charge in [-0.05, 0) is 133 Å². The smallest absolute Gasteiger partial charge is 0.0541 e. The average molecular weight is 815 g/mol. The van der Waals surface area contributed by atoms with Crippen LogP contribution in [0, 0.1) is 0 Å². The topological polar surface area (TPSA) is 8.17 Å². The Labute approximate surface area is 373 Å². The van der Waals surface area contributed by atoms with Gasteiger partial charge in [-0.25, -0.2) is 0 Å². The van der Waals surface area contributed by atoms with Gasteiger partial charge in [0.15, 0.2) is 0 Å². The van der Waals surface area contributed by atoms with Gasteiger partial charge in [0.2, 0.25) is 0 Å². The lowest BCUT2D eigenvalue weighted by atomic mass is 9.91. The van der Waals surface area contributed by atoms with Crippen LogP contribution in [-0.4, -0.2) is 4.57 Å². The summed E-state index contributed by atoms with van der Waals surface area (Å²) in [5, 5.41) is 7.47. The molecule has 0 amide bonds. The predicted octanol–water partition coefficient (Wildman–Crippen LogP) is 17.2. The summed E-state index contributed by atoms with van der Waals surface area (Å²) in [5.41, 5.74) is 16.5. The molecule has 64 heavy (non-hydrogen) atoms. The van der Waals surface area contributed by atoms with Crippen LogP contribution in [0.4, 0.5) is 17.1 Å². The highest BCUT2D eigenvalue weighted by Gasteiger charge is 2.17. The van der Waals surface area contributed by atoms with Crippen molar-refractivity contribution < 1.29 is 0 Å². The van der Waals surface area contributed by atoms with Crippen molar-refractivity contribution in [3.63, 3.8) is 0 Å². The summed E-state index contributed by atoms with van der Waals surface area (Å²) in [4.78, 5) is 2.38. The number of fused-ring (bicyclic) bond motifs is 5. The Kier molecular flexibility index (Phi) is 9.20. The third-order valence-corrected chi connectivity index (χ3v) is 12.8. The van der Waals surface area contributed by atoms with Gasteiger partial charge in [-0.15, -0.1) is 0 Å². The summed E-state index contributed by atoms with van der Waals surface area (Å²) in [6.45, 7) is 0. The van der Waals surface area contributed by atoms with Gasteiger partial charge in [-0.2, -0.15) is 0 Å². The van der Waals surface area contributed by atoms with Crippen molar-refractivity contribution in [1.29, 1.82) is 0 Å². The number of rotatable bonds is 8. The van der Waals surface area contributed by atoms with E-state index in [-0.39, 0.29) is 0 Å². The van der Waals surface area contributed by atoms with Gasteiger partial charge in [0.25, 0.3) is 0 Å². The molecule has 0 fully saturated rings. The maximum absolute atomic E-state index is 2.38. The highest BCUT2D eigenvalue weighted by molar-refractivity contribution is 6.09. The van der Waals surface area contributed by atoms with Crippen LogP contribution in [-0.2, 0) is 0 Å². The van der Waals surface area contributed by atoms with Gasteiger partial charge in [-0.3, -0.25) is 0 Å². The fourth-order valence-corrected chi connectivity index (χ4v) is 9.70. The zero-order valence-electron chi connectivity index (χ0n) is 35.1. The van der Waals surface area contributed by atoms with Gasteiger partial charge in [-0.1, -0.05) is 188 Å². The normalized spacial score (nSPS) is 11.4. The second-order valence-electron chi connectivity index (χ2n) is 16.5. The molecule has 1 aromatic heterocycles. The number of hydrogen-bond acceptors (Lipinski definition) is 1. The molecule has 0 atom stereocenters. The standard InChI is InChI=1S/C62H42N2/c1-2-15-45(16-3-1)56-26-12-18-47-19-13-27-57(62(47)56)46-33-37-52(38-34-46)63(55-39-32-43-14-4-5-17-50(43)41-55)54-23-11-22-51(42-54)49-21-10-20-48(40-49)44-30-35-53(36-31-44)64-60-28-8-6-24-58(60)59-25-7-9-29-61(59)64/h1-42H. The van der Waals surface area contributed by atoms with Crippen LogP contribution >= 0.6 is 0 Å². The van der Waals surface area contributed by atoms with Crippen LogP contribution in [0.3, 0.4) is 0 Å². The highest BCUT2D eigenvalue weighted by Crippen LogP contribution is 2.42. The minimum absolute atomic E-state index is 1.09. The van der Waals surface area contributed by atoms with Crippen LogP contribution in [0.25, 0.3) is 93.5 Å². The number of hydrogen-bond donors (Lipinski definition) is 0. The van der Waals surface area contributed by atoms with E-state index in [0.29, 0.717) is 0 Å². The monoisotopic (exact) mass is 814 g/mol. The van der Waals surface area contributed by atoms with Gasteiger partial charge in [0, 0.05) is 33.5 Å². The van der Waals surface area contributed by atoms with Crippen molar-refractivity contribution >= 4 is 60.4 Å². The molecule has 0 aliphatic carbocycles. The van der Waals surface area contributed by atoms with Crippen molar-refractivity contribution in [3.05, 3.63) is 255 Å². The number of aromatic nitrogens is 1. The lowest BCUT2D eigenvalue weighted by molar-refractivity contribution is 1.18. The van der Waals surface area contributed by atoms with E-state index in [1.54, 1.807) is 0 Å². The molecule has 1 heterocycles. The maximum atomic E-state index is 2.38. The molecule has 0 radical (unpaired) electrons. The molecule has 0 saturated heterocycles. The van der Waals surface area contributed by atoms with Crippen molar-refractivity contribution in [3.8, 4) is 50.2 Å². The van der Waals surface area contributed by atoms with Gasteiger partial charge < -0.3 is 9.47 Å². The van der Waals surface area contributed by atoms with E-state index < -0.39 is 0 Å². The van der Waals surface area contributed by atoms with Gasteiger partial charge >= 0.3 is 0 Å². The van der Waals surface area contributed by atoms with Gasteiger partial charge in [0.05, 0.1) is 11.0 Å². The Hall–Kier alpha value is -8.46. The molecule has 0 aliphatic rings. The molecule has 0 bridgehead atoms. The zero-order chi connectivity index (χ0) is 42.4. The average Bonchev–Trinajstić information content (AvgIpc) is 3.71. The minimum Gasteiger partial charge on any atom is -0.310 e. The summed E-state index contributed by atoms with van der Waals surface area (Å²) in [5.74, 6) is 0. The fourth-order valence-electron chi connectivity index (χ4n) is 9.70. The van der Waals surface area contributed by atoms with E-state index in [0.717, 1.165) is 28.3 Å². The third kappa shape index (κ3) is 6.61. The Balaban J connectivity index is 0.912. The number of benzene rings is 11. The summed E-state index contributed by atoms with van der Waals surface area (Å²) in [7, 11) is 0. The first-order chi connectivity index (χ1) is 31.7. The summed E-state index contributed by atoms with van der Waals surface area (Å²) < 4.78 is 2.37. The first-order valence-electron chi connectivity index (χ1n) is 22.0. The van der Waals surface area contributed by atoms with E-state index in [9.17, 15) is 0 Å². The molecule has 12 aromatic rings. The molecular formula is C62H42N2. The Morgan fingerprint density at radius 3 is 1.45 bits per heavy atom. The molecule has 300 valence electrons. The molecular weight excluding hydrogens is 773 g/mol. The van der Waals surface area contributed by atoms with Crippen molar-refractivity contribution in [2.24, 2.45) is 0 Å². The second-order valence-corrected chi connectivity index (χ2v) is 16.5. The lowest BCUT2D eigenvalue weighted by Gasteiger charge is -2.27. The number of para-hydroxylation sites is 2. The van der Waals surface area contributed by atoms with Crippen molar-refractivity contribution in [2.45, 2.75) is 0 Å². The van der Waals surface area contributed by atoms with Crippen LogP contribution in [0.5, 0.6) is 0 Å². The third-order valence-electron chi connectivity index (χ3n) is 12.8. The first kappa shape index (κ1) is 37.3. The Morgan fingerprint density at radius 2 is 0.750 bits per heavy atom. The summed E-state index contributed by atoms with van der Waals surface area (Å²) in [6, 6.07) is 92.6. The van der Waals surface area contributed by atoms with Crippen molar-refractivity contribution in [1.82, 2.24) is 4.57 Å². The molecule has 0 saturated carbocycles.